The fraction of sp³-hybridized carbons (Fsp3) is 0.105. The number of hydrazone groups is 1. The first-order valence-electron chi connectivity index (χ1n) is 8.03. The number of nitrogens with one attached hydrogen (secondary N) is 1. The number of carbonyl (C=O) groups is 1. The van der Waals surface area contributed by atoms with Gasteiger partial charge in [0.15, 0.2) is 11.3 Å². The van der Waals surface area contributed by atoms with Gasteiger partial charge in [0.25, 0.3) is 5.91 Å². The maximum absolute atomic E-state index is 12.8. The first-order chi connectivity index (χ1) is 12.7. The van der Waals surface area contributed by atoms with E-state index in [1.54, 1.807) is 11.1 Å². The maximum atomic E-state index is 12.8. The smallest absolute Gasteiger partial charge is 0.276 e. The summed E-state index contributed by atoms with van der Waals surface area (Å²) in [7, 11) is 0. The average Bonchev–Trinajstić information content (AvgIpc) is 2.66. The molecule has 0 bridgehead atoms. The zero-order valence-electron chi connectivity index (χ0n) is 13.7. The zero-order chi connectivity index (χ0) is 18.1. The molecular weight excluding hydrogens is 368 g/mol. The third-order valence-electron chi connectivity index (χ3n) is 4.04. The average molecular weight is 383 g/mol. The molecule has 0 aliphatic carbocycles. The number of thioether (sulfide) groups is 1. The fourth-order valence-electron chi connectivity index (χ4n) is 2.92. The number of hydrogen-bond acceptors (Lipinski definition) is 5. The Balaban J connectivity index is 1.93. The molecule has 0 saturated carbocycles. The molecule has 130 valence electrons. The van der Waals surface area contributed by atoms with Gasteiger partial charge in [0.2, 0.25) is 0 Å². The number of halogens is 1. The Kier molecular flexibility index (Phi) is 4.53. The lowest BCUT2D eigenvalue weighted by atomic mass is 10.1. The molecule has 4 rings (SSSR count). The molecule has 0 unspecified atom stereocenters. The van der Waals surface area contributed by atoms with E-state index in [-0.39, 0.29) is 5.91 Å². The van der Waals surface area contributed by atoms with Gasteiger partial charge in [0.05, 0.1) is 5.36 Å². The Morgan fingerprint density at radius 3 is 2.81 bits per heavy atom. The van der Waals surface area contributed by atoms with E-state index in [2.05, 4.69) is 17.0 Å². The van der Waals surface area contributed by atoms with Crippen LogP contribution in [0.5, 0.6) is 0 Å². The number of rotatable bonds is 3. The van der Waals surface area contributed by atoms with Crippen molar-refractivity contribution in [1.82, 2.24) is 10.3 Å². The van der Waals surface area contributed by atoms with Gasteiger partial charge < -0.3 is 0 Å². The van der Waals surface area contributed by atoms with E-state index in [1.807, 2.05) is 48.5 Å². The second-order valence-electron chi connectivity index (χ2n) is 5.69. The summed E-state index contributed by atoms with van der Waals surface area (Å²) in [4.78, 5) is 17.7. The van der Waals surface area contributed by atoms with Crippen LogP contribution in [0.2, 0.25) is 5.02 Å². The number of fused-ring (bicyclic) bond motifs is 2. The second-order valence-corrected chi connectivity index (χ2v) is 7.11. The van der Waals surface area contributed by atoms with Crippen molar-refractivity contribution in [1.29, 1.82) is 0 Å². The number of hydrogen-bond donors (Lipinski definition) is 1. The summed E-state index contributed by atoms with van der Waals surface area (Å²) in [5, 5.41) is 11.7. The summed E-state index contributed by atoms with van der Waals surface area (Å²) >= 11 is 7.82. The molecular formula is C19H15ClN4OS. The highest BCUT2D eigenvalue weighted by Gasteiger charge is 2.34. The Morgan fingerprint density at radius 1 is 1.23 bits per heavy atom. The maximum Gasteiger partial charge on any atom is 0.276 e. The predicted octanol–water partition coefficient (Wildman–Crippen LogP) is 2.40. The lowest BCUT2D eigenvalue weighted by Gasteiger charge is -2.34. The number of benzene rings is 2. The molecule has 1 N–H and O–H groups in total. The molecule has 0 aromatic heterocycles. The van der Waals surface area contributed by atoms with Crippen molar-refractivity contribution >= 4 is 40.1 Å². The zero-order valence-corrected chi connectivity index (χ0v) is 15.3. The Morgan fingerprint density at radius 2 is 2.00 bits per heavy atom. The molecule has 1 amide bonds. The minimum atomic E-state index is -0.501. The van der Waals surface area contributed by atoms with Crippen LogP contribution in [-0.4, -0.2) is 21.8 Å². The van der Waals surface area contributed by atoms with Crippen LogP contribution in [0.25, 0.3) is 5.70 Å². The van der Waals surface area contributed by atoms with Crippen molar-refractivity contribution in [2.24, 2.45) is 10.1 Å². The molecule has 2 aliphatic rings. The number of nitrogens with zero attached hydrogens (tertiary/aromatic N) is 3. The molecule has 5 nitrogen and oxygen atoms in total. The molecule has 26 heavy (non-hydrogen) atoms. The Hall–Kier alpha value is -2.57. The predicted molar refractivity (Wildman–Crippen MR) is 105 cm³/mol. The van der Waals surface area contributed by atoms with E-state index in [4.69, 9.17) is 16.6 Å². The van der Waals surface area contributed by atoms with E-state index in [1.165, 1.54) is 11.8 Å². The van der Waals surface area contributed by atoms with Gasteiger partial charge in [-0.05, 0) is 12.1 Å². The summed E-state index contributed by atoms with van der Waals surface area (Å²) in [6.45, 7) is 3.71. The first-order valence-corrected chi connectivity index (χ1v) is 9.40. The van der Waals surface area contributed by atoms with Crippen LogP contribution in [0.15, 0.2) is 71.3 Å². The third-order valence-corrected chi connectivity index (χ3v) is 5.24. The van der Waals surface area contributed by atoms with Crippen LogP contribution in [0.3, 0.4) is 0 Å². The van der Waals surface area contributed by atoms with Gasteiger partial charge in [0, 0.05) is 21.6 Å². The first kappa shape index (κ1) is 16.9. The molecule has 2 aromatic rings. The van der Waals surface area contributed by atoms with Gasteiger partial charge in [-0.1, -0.05) is 65.8 Å². The highest BCUT2D eigenvalue weighted by molar-refractivity contribution is 8.14. The van der Waals surface area contributed by atoms with Gasteiger partial charge in [-0.3, -0.25) is 15.1 Å². The van der Waals surface area contributed by atoms with Gasteiger partial charge in [-0.15, -0.1) is 11.7 Å². The van der Waals surface area contributed by atoms with Gasteiger partial charge >= 0.3 is 0 Å². The SMILES string of the molecule is C=CCSC1=NN2C(=c3ccccc3=N[C@H]2c2ccccc2Cl)C(=O)N1. The van der Waals surface area contributed by atoms with Crippen LogP contribution in [-0.2, 0) is 4.79 Å². The standard InChI is InChI=1S/C19H15ClN4OS/c1-2-11-26-19-22-18(25)16-13-8-4-6-10-15(13)21-17(24(16)23-19)12-7-3-5-9-14(12)20/h2-10,17H,1,11H2,(H,22,23,25)/t17-/m1/s1. The third kappa shape index (κ3) is 2.91. The number of para-hydroxylation sites is 1. The molecule has 2 aliphatic heterocycles. The van der Waals surface area contributed by atoms with Gasteiger partial charge in [-0.25, -0.2) is 5.01 Å². The number of amidine groups is 1. The molecule has 0 saturated heterocycles. The lowest BCUT2D eigenvalue weighted by molar-refractivity contribution is -0.116. The lowest BCUT2D eigenvalue weighted by Crippen LogP contribution is -2.50. The van der Waals surface area contributed by atoms with Crippen molar-refractivity contribution in [3.63, 3.8) is 0 Å². The quantitative estimate of drug-likeness (QED) is 0.829. The van der Waals surface area contributed by atoms with Crippen molar-refractivity contribution in [3.8, 4) is 0 Å². The molecule has 2 heterocycles. The van der Waals surface area contributed by atoms with Crippen molar-refractivity contribution in [2.75, 3.05) is 5.75 Å². The molecule has 0 fully saturated rings. The highest BCUT2D eigenvalue weighted by Crippen LogP contribution is 2.34. The Bertz CT molecular complexity index is 1050. The number of carbonyl (C=O) groups excluding carboxylic acids is 1. The van der Waals surface area contributed by atoms with Crippen molar-refractivity contribution in [2.45, 2.75) is 6.17 Å². The normalized spacial score (nSPS) is 18.3. The molecule has 0 spiro atoms. The van der Waals surface area contributed by atoms with E-state index in [0.717, 1.165) is 16.1 Å². The summed E-state index contributed by atoms with van der Waals surface area (Å²) in [5.41, 5.74) is 1.27. The summed E-state index contributed by atoms with van der Waals surface area (Å²) in [6, 6.07) is 15.0. The second kappa shape index (κ2) is 6.97. The summed E-state index contributed by atoms with van der Waals surface area (Å²) < 4.78 is 0. The van der Waals surface area contributed by atoms with E-state index >= 15 is 0 Å². The van der Waals surface area contributed by atoms with Crippen LogP contribution in [0.4, 0.5) is 0 Å². The largest absolute Gasteiger partial charge is 0.298 e. The van der Waals surface area contributed by atoms with Crippen LogP contribution in [0.1, 0.15) is 11.7 Å². The van der Waals surface area contributed by atoms with Crippen molar-refractivity contribution < 1.29 is 4.79 Å². The Labute approximate surface area is 159 Å². The summed E-state index contributed by atoms with van der Waals surface area (Å²) in [6.07, 6.45) is 1.26. The molecule has 2 aromatic carbocycles. The van der Waals surface area contributed by atoms with Gasteiger partial charge in [-0.2, -0.15) is 0 Å². The molecule has 1 atom stereocenters. The molecule has 7 heteroatoms. The minimum Gasteiger partial charge on any atom is -0.298 e. The van der Waals surface area contributed by atoms with Crippen molar-refractivity contribution in [3.05, 3.63) is 82.3 Å². The van der Waals surface area contributed by atoms with E-state index < -0.39 is 6.17 Å². The molecule has 0 radical (unpaired) electrons. The topological polar surface area (TPSA) is 57.1 Å². The van der Waals surface area contributed by atoms with Crippen LogP contribution in [0, 0.1) is 0 Å². The minimum absolute atomic E-state index is 0.203. The van der Waals surface area contributed by atoms with Gasteiger partial charge in [0.1, 0.15) is 5.70 Å². The summed E-state index contributed by atoms with van der Waals surface area (Å²) in [5.74, 6) is 0.443. The fourth-order valence-corrected chi connectivity index (χ4v) is 3.74. The highest BCUT2D eigenvalue weighted by atomic mass is 35.5. The van der Waals surface area contributed by atoms with Crippen LogP contribution >= 0.6 is 23.4 Å². The number of amides is 1. The van der Waals surface area contributed by atoms with Crippen LogP contribution < -0.4 is 15.9 Å². The monoisotopic (exact) mass is 382 g/mol. The van der Waals surface area contributed by atoms with E-state index in [9.17, 15) is 4.79 Å². The van der Waals surface area contributed by atoms with E-state index in [0.29, 0.717) is 21.6 Å².